The average molecular weight is 264 g/mol. The van der Waals surface area contributed by atoms with Crippen molar-refractivity contribution in [3.8, 4) is 6.07 Å². The standard InChI is InChI=1S/C15H28N4/c1-2-7-18-9-11-19(12-10-18)8-5-14-4-3-6-15(14,17)13-16/h14H,2-12,17H2,1H3. The molecule has 2 unspecified atom stereocenters. The van der Waals surface area contributed by atoms with E-state index in [2.05, 4.69) is 22.8 Å². The zero-order chi connectivity index (χ0) is 13.7. The summed E-state index contributed by atoms with van der Waals surface area (Å²) in [5, 5.41) is 9.23. The quantitative estimate of drug-likeness (QED) is 0.816. The lowest BCUT2D eigenvalue weighted by Gasteiger charge is -2.35. The van der Waals surface area contributed by atoms with Gasteiger partial charge < -0.3 is 15.5 Å². The van der Waals surface area contributed by atoms with Gasteiger partial charge in [0.1, 0.15) is 5.54 Å². The van der Waals surface area contributed by atoms with E-state index in [-0.39, 0.29) is 0 Å². The molecule has 2 fully saturated rings. The van der Waals surface area contributed by atoms with E-state index < -0.39 is 5.54 Å². The van der Waals surface area contributed by atoms with Crippen LogP contribution in [0.3, 0.4) is 0 Å². The average Bonchev–Trinajstić information content (AvgIpc) is 2.80. The topological polar surface area (TPSA) is 56.3 Å². The lowest BCUT2D eigenvalue weighted by molar-refractivity contribution is 0.124. The van der Waals surface area contributed by atoms with Crippen molar-refractivity contribution >= 4 is 0 Å². The third kappa shape index (κ3) is 3.68. The number of piperazine rings is 1. The minimum atomic E-state index is -0.538. The van der Waals surface area contributed by atoms with Crippen molar-refractivity contribution in [1.82, 2.24) is 9.80 Å². The first-order valence-electron chi connectivity index (χ1n) is 7.83. The smallest absolute Gasteiger partial charge is 0.107 e. The maximum atomic E-state index is 9.23. The fourth-order valence-corrected chi connectivity index (χ4v) is 3.54. The van der Waals surface area contributed by atoms with Gasteiger partial charge in [0.15, 0.2) is 0 Å². The molecule has 1 aliphatic heterocycles. The summed E-state index contributed by atoms with van der Waals surface area (Å²) in [7, 11) is 0. The Labute approximate surface area is 117 Å². The molecule has 2 aliphatic rings. The van der Waals surface area contributed by atoms with Gasteiger partial charge in [0, 0.05) is 26.2 Å². The molecular weight excluding hydrogens is 236 g/mol. The van der Waals surface area contributed by atoms with Gasteiger partial charge in [0.25, 0.3) is 0 Å². The second-order valence-electron chi connectivity index (χ2n) is 6.21. The van der Waals surface area contributed by atoms with Gasteiger partial charge in [-0.3, -0.25) is 0 Å². The van der Waals surface area contributed by atoms with Gasteiger partial charge in [-0.05, 0) is 44.7 Å². The van der Waals surface area contributed by atoms with Crippen molar-refractivity contribution in [2.24, 2.45) is 11.7 Å². The third-order valence-electron chi connectivity index (χ3n) is 4.88. The number of hydrogen-bond acceptors (Lipinski definition) is 4. The van der Waals surface area contributed by atoms with E-state index in [1.54, 1.807) is 0 Å². The molecule has 0 amide bonds. The Morgan fingerprint density at radius 1 is 1.21 bits per heavy atom. The first-order chi connectivity index (χ1) is 9.18. The molecule has 0 bridgehead atoms. The van der Waals surface area contributed by atoms with Crippen LogP contribution in [0.2, 0.25) is 0 Å². The molecule has 2 rings (SSSR count). The molecule has 2 atom stereocenters. The normalized spacial score (nSPS) is 33.4. The Morgan fingerprint density at radius 2 is 1.84 bits per heavy atom. The van der Waals surface area contributed by atoms with E-state index in [0.717, 1.165) is 32.2 Å². The summed E-state index contributed by atoms with van der Waals surface area (Å²) in [5.41, 5.74) is 5.65. The van der Waals surface area contributed by atoms with E-state index in [4.69, 9.17) is 5.73 Å². The highest BCUT2D eigenvalue weighted by atomic mass is 15.3. The summed E-state index contributed by atoms with van der Waals surface area (Å²) in [6.45, 7) is 9.35. The lowest BCUT2D eigenvalue weighted by Crippen LogP contribution is -2.48. The first kappa shape index (κ1) is 14.8. The van der Waals surface area contributed by atoms with Crippen molar-refractivity contribution < 1.29 is 0 Å². The molecule has 19 heavy (non-hydrogen) atoms. The van der Waals surface area contributed by atoms with E-state index in [1.165, 1.54) is 39.1 Å². The summed E-state index contributed by atoms with van der Waals surface area (Å²) >= 11 is 0. The van der Waals surface area contributed by atoms with Gasteiger partial charge in [0.05, 0.1) is 6.07 Å². The lowest BCUT2D eigenvalue weighted by atomic mass is 9.87. The van der Waals surface area contributed by atoms with Gasteiger partial charge in [-0.1, -0.05) is 13.3 Å². The molecular formula is C15H28N4. The number of nitrogens with two attached hydrogens (primary N) is 1. The first-order valence-corrected chi connectivity index (χ1v) is 7.83. The van der Waals surface area contributed by atoms with Gasteiger partial charge in [-0.25, -0.2) is 0 Å². The maximum absolute atomic E-state index is 9.23. The number of nitrogens with zero attached hydrogens (tertiary/aromatic N) is 3. The van der Waals surface area contributed by atoms with Crippen LogP contribution >= 0.6 is 0 Å². The highest BCUT2D eigenvalue weighted by molar-refractivity contribution is 5.11. The van der Waals surface area contributed by atoms with Crippen LogP contribution in [0.4, 0.5) is 0 Å². The molecule has 0 aromatic carbocycles. The summed E-state index contributed by atoms with van der Waals surface area (Å²) in [6.07, 6.45) is 5.50. The van der Waals surface area contributed by atoms with Crippen LogP contribution in [0.1, 0.15) is 39.0 Å². The highest BCUT2D eigenvalue weighted by Gasteiger charge is 2.39. The van der Waals surface area contributed by atoms with Crippen LogP contribution in [0.5, 0.6) is 0 Å². The highest BCUT2D eigenvalue weighted by Crippen LogP contribution is 2.35. The maximum Gasteiger partial charge on any atom is 0.107 e. The number of hydrogen-bond donors (Lipinski definition) is 1. The summed E-state index contributed by atoms with van der Waals surface area (Å²) in [4.78, 5) is 5.09. The monoisotopic (exact) mass is 264 g/mol. The van der Waals surface area contributed by atoms with E-state index >= 15 is 0 Å². The largest absolute Gasteiger partial charge is 0.313 e. The summed E-state index contributed by atoms with van der Waals surface area (Å²) in [6, 6.07) is 2.35. The molecule has 108 valence electrons. The van der Waals surface area contributed by atoms with Crippen molar-refractivity contribution in [2.75, 3.05) is 39.3 Å². The van der Waals surface area contributed by atoms with E-state index in [0.29, 0.717) is 5.92 Å². The van der Waals surface area contributed by atoms with E-state index in [9.17, 15) is 5.26 Å². The molecule has 0 spiro atoms. The molecule has 1 saturated heterocycles. The van der Waals surface area contributed by atoms with Crippen molar-refractivity contribution in [3.05, 3.63) is 0 Å². The minimum Gasteiger partial charge on any atom is -0.313 e. The molecule has 1 heterocycles. The molecule has 2 N–H and O–H groups in total. The summed E-state index contributed by atoms with van der Waals surface area (Å²) in [5.74, 6) is 0.408. The minimum absolute atomic E-state index is 0.408. The Bertz CT molecular complexity index is 317. The molecule has 0 aromatic heterocycles. The number of rotatable bonds is 5. The SMILES string of the molecule is CCCN1CCN(CCC2CCCC2(N)C#N)CC1. The van der Waals surface area contributed by atoms with E-state index in [1.807, 2.05) is 0 Å². The second-order valence-corrected chi connectivity index (χ2v) is 6.21. The predicted molar refractivity (Wildman–Crippen MR) is 77.7 cm³/mol. The Balaban J connectivity index is 1.71. The zero-order valence-electron chi connectivity index (χ0n) is 12.3. The fraction of sp³-hybridized carbons (Fsp3) is 0.933. The Morgan fingerprint density at radius 3 is 2.42 bits per heavy atom. The summed E-state index contributed by atoms with van der Waals surface area (Å²) < 4.78 is 0. The van der Waals surface area contributed by atoms with Crippen molar-refractivity contribution in [2.45, 2.75) is 44.6 Å². The third-order valence-corrected chi connectivity index (χ3v) is 4.88. The van der Waals surface area contributed by atoms with Crippen molar-refractivity contribution in [3.63, 3.8) is 0 Å². The molecule has 4 heteroatoms. The molecule has 0 aromatic rings. The molecule has 1 aliphatic carbocycles. The van der Waals surface area contributed by atoms with Crippen LogP contribution in [0.15, 0.2) is 0 Å². The van der Waals surface area contributed by atoms with Gasteiger partial charge >= 0.3 is 0 Å². The zero-order valence-corrected chi connectivity index (χ0v) is 12.3. The van der Waals surface area contributed by atoms with Gasteiger partial charge in [-0.15, -0.1) is 0 Å². The fourth-order valence-electron chi connectivity index (χ4n) is 3.54. The molecule has 0 radical (unpaired) electrons. The van der Waals surface area contributed by atoms with Gasteiger partial charge in [-0.2, -0.15) is 5.26 Å². The van der Waals surface area contributed by atoms with Crippen molar-refractivity contribution in [1.29, 1.82) is 5.26 Å². The van der Waals surface area contributed by atoms with Crippen LogP contribution in [0, 0.1) is 17.2 Å². The van der Waals surface area contributed by atoms with Crippen LogP contribution in [-0.2, 0) is 0 Å². The second kappa shape index (κ2) is 6.69. The molecule has 4 nitrogen and oxygen atoms in total. The molecule has 1 saturated carbocycles. The Kier molecular flexibility index (Phi) is 5.20. The number of nitriles is 1. The Hall–Kier alpha value is -0.630. The van der Waals surface area contributed by atoms with Gasteiger partial charge in [0.2, 0.25) is 0 Å². The van der Waals surface area contributed by atoms with Crippen LogP contribution in [0.25, 0.3) is 0 Å². The van der Waals surface area contributed by atoms with Crippen LogP contribution < -0.4 is 5.73 Å². The van der Waals surface area contributed by atoms with Crippen LogP contribution in [-0.4, -0.2) is 54.6 Å². The predicted octanol–water partition coefficient (Wildman–Crippen LogP) is 1.43.